The number of aromatic amines is 1. The highest BCUT2D eigenvalue weighted by atomic mass is 32.1. The Morgan fingerprint density at radius 3 is 2.59 bits per heavy atom. The first-order chi connectivity index (χ1) is 16.0. The molecule has 182 valence electrons. The lowest BCUT2D eigenvalue weighted by Gasteiger charge is -2.29. The van der Waals surface area contributed by atoms with Crippen molar-refractivity contribution in [2.45, 2.75) is 63.2 Å². The number of thiophene rings is 1. The van der Waals surface area contributed by atoms with Crippen LogP contribution in [0.4, 0.5) is 17.6 Å². The van der Waals surface area contributed by atoms with Crippen LogP contribution in [0.5, 0.6) is 5.75 Å². The van der Waals surface area contributed by atoms with Crippen LogP contribution in [-0.4, -0.2) is 28.9 Å². The maximum Gasteiger partial charge on any atom is 0.404 e. The van der Waals surface area contributed by atoms with E-state index in [1.165, 1.54) is 29.9 Å². The number of ether oxygens (including phenoxy) is 1. The van der Waals surface area contributed by atoms with E-state index in [4.69, 9.17) is 10.5 Å². The lowest BCUT2D eigenvalue weighted by Crippen LogP contribution is -2.43. The van der Waals surface area contributed by atoms with Crippen LogP contribution < -0.4 is 21.7 Å². The fraction of sp³-hybridized carbons (Fsp3) is 0.478. The van der Waals surface area contributed by atoms with E-state index in [0.717, 1.165) is 17.7 Å². The molecular weight excluding hydrogens is 474 g/mol. The van der Waals surface area contributed by atoms with E-state index in [9.17, 15) is 22.8 Å². The number of benzene rings is 1. The molecule has 1 saturated carbocycles. The van der Waals surface area contributed by atoms with Gasteiger partial charge in [-0.2, -0.15) is 13.2 Å². The third-order valence-corrected chi connectivity index (χ3v) is 8.07. The number of H-pyrrole nitrogens is 1. The molecule has 2 aliphatic carbocycles. The summed E-state index contributed by atoms with van der Waals surface area (Å²) in [6.45, 7) is 1.45. The molecule has 0 saturated heterocycles. The molecule has 2 atom stereocenters. The number of nitrogens with two attached hydrogens (primary N) is 1. The van der Waals surface area contributed by atoms with Crippen molar-refractivity contribution in [1.82, 2.24) is 9.55 Å². The molecule has 2 unspecified atom stereocenters. The summed E-state index contributed by atoms with van der Waals surface area (Å²) in [6, 6.07) is -0.587. The van der Waals surface area contributed by atoms with Crippen LogP contribution >= 0.6 is 11.3 Å². The molecule has 0 radical (unpaired) electrons. The van der Waals surface area contributed by atoms with Gasteiger partial charge in [0.2, 0.25) is 0 Å². The first kappa shape index (κ1) is 23.1. The molecule has 6 nitrogen and oxygen atoms in total. The van der Waals surface area contributed by atoms with Gasteiger partial charge in [-0.05, 0) is 50.7 Å². The number of rotatable bonds is 4. The van der Waals surface area contributed by atoms with Gasteiger partial charge in [-0.25, -0.2) is 9.18 Å². The van der Waals surface area contributed by atoms with Gasteiger partial charge in [0, 0.05) is 27.3 Å². The molecule has 5 rings (SSSR count). The largest absolute Gasteiger partial charge is 0.494 e. The minimum absolute atomic E-state index is 0.0305. The maximum absolute atomic E-state index is 15.8. The number of fused-ring (bicyclic) bond motifs is 2. The van der Waals surface area contributed by atoms with E-state index in [1.54, 1.807) is 6.07 Å². The van der Waals surface area contributed by atoms with Gasteiger partial charge in [0.15, 0.2) is 5.75 Å². The Bertz CT molecular complexity index is 1420. The highest BCUT2D eigenvalue weighted by Crippen LogP contribution is 2.49. The second kappa shape index (κ2) is 7.94. The molecule has 0 aliphatic heterocycles. The van der Waals surface area contributed by atoms with Crippen LogP contribution in [0.25, 0.3) is 21.3 Å². The number of aromatic nitrogens is 2. The van der Waals surface area contributed by atoms with E-state index in [2.05, 4.69) is 4.98 Å². The summed E-state index contributed by atoms with van der Waals surface area (Å²) in [4.78, 5) is 28.7. The predicted octanol–water partition coefficient (Wildman–Crippen LogP) is 4.52. The van der Waals surface area contributed by atoms with Crippen LogP contribution in [0.2, 0.25) is 0 Å². The molecule has 34 heavy (non-hydrogen) atoms. The number of methoxy groups -OCH3 is 1. The molecule has 1 fully saturated rings. The van der Waals surface area contributed by atoms with Gasteiger partial charge in [0.05, 0.1) is 18.1 Å². The summed E-state index contributed by atoms with van der Waals surface area (Å²) in [5.41, 5.74) is 5.04. The Labute approximate surface area is 195 Å². The molecule has 11 heteroatoms. The van der Waals surface area contributed by atoms with Crippen molar-refractivity contribution in [3.63, 3.8) is 0 Å². The van der Waals surface area contributed by atoms with Crippen molar-refractivity contribution in [1.29, 1.82) is 0 Å². The standard InChI is InChI=1S/C23H23F4N3O3S/c1-9-15-18(30(10-6-7-10)22(32)29-21(15)31)19(33-2)16(17(9)24)14-8-12-11(20(28)23(25,26)27)4-3-5-13(12)34-14/h8,10-11,20H,3-7,28H2,1-2H3,(H,29,31,32). The topological polar surface area (TPSA) is 90.1 Å². The van der Waals surface area contributed by atoms with Crippen LogP contribution in [-0.2, 0) is 6.42 Å². The zero-order chi connectivity index (χ0) is 24.5. The first-order valence-electron chi connectivity index (χ1n) is 11.0. The number of halogens is 4. The molecule has 0 spiro atoms. The van der Waals surface area contributed by atoms with Gasteiger partial charge < -0.3 is 10.5 Å². The van der Waals surface area contributed by atoms with E-state index >= 15 is 4.39 Å². The molecule has 3 aromatic rings. The molecular formula is C23H23F4N3O3S. The molecule has 0 amide bonds. The average molecular weight is 498 g/mol. The second-order valence-electron chi connectivity index (χ2n) is 8.99. The van der Waals surface area contributed by atoms with Crippen molar-refractivity contribution in [3.8, 4) is 16.2 Å². The quantitative estimate of drug-likeness (QED) is 0.519. The fourth-order valence-corrected chi connectivity index (χ4v) is 6.36. The van der Waals surface area contributed by atoms with Gasteiger partial charge in [0.1, 0.15) is 17.4 Å². The van der Waals surface area contributed by atoms with Crippen molar-refractivity contribution in [2.24, 2.45) is 5.73 Å². The van der Waals surface area contributed by atoms with Crippen molar-refractivity contribution >= 4 is 22.2 Å². The number of hydrogen-bond acceptors (Lipinski definition) is 5. The number of hydrogen-bond donors (Lipinski definition) is 2. The molecule has 2 aromatic heterocycles. The smallest absolute Gasteiger partial charge is 0.404 e. The monoisotopic (exact) mass is 497 g/mol. The maximum atomic E-state index is 15.8. The summed E-state index contributed by atoms with van der Waals surface area (Å²) >= 11 is 1.20. The number of alkyl halides is 3. The zero-order valence-corrected chi connectivity index (χ0v) is 19.3. The normalized spacial score (nSPS) is 19.3. The second-order valence-corrected chi connectivity index (χ2v) is 10.1. The SMILES string of the molecule is COc1c(-c2cc3c(s2)CCCC3C(N)C(F)(F)F)c(F)c(C)c2c(=O)[nH]c(=O)n(C3CC3)c12. The van der Waals surface area contributed by atoms with Crippen molar-refractivity contribution < 1.29 is 22.3 Å². The number of nitrogens with zero attached hydrogens (tertiary/aromatic N) is 1. The first-order valence-corrected chi connectivity index (χ1v) is 11.9. The van der Waals surface area contributed by atoms with E-state index < -0.39 is 35.2 Å². The summed E-state index contributed by atoms with van der Waals surface area (Å²) in [5.74, 6) is -1.59. The van der Waals surface area contributed by atoms with Crippen LogP contribution in [0.3, 0.4) is 0 Å². The Morgan fingerprint density at radius 2 is 1.97 bits per heavy atom. The Morgan fingerprint density at radius 1 is 1.26 bits per heavy atom. The highest BCUT2D eigenvalue weighted by molar-refractivity contribution is 7.15. The van der Waals surface area contributed by atoms with Gasteiger partial charge >= 0.3 is 11.9 Å². The van der Waals surface area contributed by atoms with Crippen LogP contribution in [0, 0.1) is 12.7 Å². The summed E-state index contributed by atoms with van der Waals surface area (Å²) in [7, 11) is 1.33. The molecule has 2 aliphatic rings. The van der Waals surface area contributed by atoms with Gasteiger partial charge in [0.25, 0.3) is 5.56 Å². The van der Waals surface area contributed by atoms with Crippen LogP contribution in [0.1, 0.15) is 53.6 Å². The fourth-order valence-electron chi connectivity index (χ4n) is 5.05. The van der Waals surface area contributed by atoms with Gasteiger partial charge in [-0.3, -0.25) is 14.3 Å². The summed E-state index contributed by atoms with van der Waals surface area (Å²) in [6.07, 6.45) is -1.67. The third-order valence-electron chi connectivity index (χ3n) is 6.84. The third kappa shape index (κ3) is 3.48. The van der Waals surface area contributed by atoms with Gasteiger partial charge in [-0.15, -0.1) is 11.3 Å². The molecule has 2 heterocycles. The van der Waals surface area contributed by atoms with Crippen molar-refractivity contribution in [2.75, 3.05) is 7.11 Å². The van der Waals surface area contributed by atoms with Crippen molar-refractivity contribution in [3.05, 3.63) is 48.7 Å². The minimum atomic E-state index is -4.55. The zero-order valence-electron chi connectivity index (χ0n) is 18.5. The average Bonchev–Trinajstić information content (AvgIpc) is 3.51. The lowest BCUT2D eigenvalue weighted by atomic mass is 9.82. The van der Waals surface area contributed by atoms with E-state index in [-0.39, 0.29) is 40.2 Å². The number of nitrogens with one attached hydrogen (secondary N) is 1. The van der Waals surface area contributed by atoms with E-state index in [0.29, 0.717) is 23.3 Å². The molecule has 3 N–H and O–H groups in total. The Kier molecular flexibility index (Phi) is 5.40. The lowest BCUT2D eigenvalue weighted by molar-refractivity contribution is -0.153. The van der Waals surface area contributed by atoms with Gasteiger partial charge in [-0.1, -0.05) is 0 Å². The number of aryl methyl sites for hydroxylation is 2. The highest BCUT2D eigenvalue weighted by Gasteiger charge is 2.44. The summed E-state index contributed by atoms with van der Waals surface area (Å²) < 4.78 is 63.0. The molecule has 0 bridgehead atoms. The molecule has 1 aromatic carbocycles. The van der Waals surface area contributed by atoms with Crippen LogP contribution in [0.15, 0.2) is 15.7 Å². The van der Waals surface area contributed by atoms with E-state index in [1.807, 2.05) is 0 Å². The Hall–Kier alpha value is -2.66. The summed E-state index contributed by atoms with van der Waals surface area (Å²) in [5, 5.41) is 0.0305. The minimum Gasteiger partial charge on any atom is -0.494 e. The Balaban J connectivity index is 1.79. The predicted molar refractivity (Wildman–Crippen MR) is 121 cm³/mol.